The van der Waals surface area contributed by atoms with Crippen molar-refractivity contribution in [3.63, 3.8) is 0 Å². The molecule has 3 saturated carbocycles. The van der Waals surface area contributed by atoms with Gasteiger partial charge in [-0.1, -0.05) is 84.2 Å². The minimum Gasteiger partial charge on any atom is -0.462 e. The number of fused-ring (bicyclic) bond motifs is 1. The second-order valence-corrected chi connectivity index (χ2v) is 15.9. The molecule has 0 saturated heterocycles. The van der Waals surface area contributed by atoms with Gasteiger partial charge in [0.05, 0.1) is 0 Å². The number of hydrogen-bond donors (Lipinski definition) is 0. The number of unbranched alkanes of at least 4 members (excludes halogenated alkanes) is 1. The minimum atomic E-state index is -0.473. The molecule has 0 amide bonds. The monoisotopic (exact) mass is 636 g/mol. The highest BCUT2D eigenvalue weighted by atomic mass is 16.5. The van der Waals surface area contributed by atoms with E-state index in [2.05, 4.69) is 34.6 Å². The number of carbonyl (C=O) groups excluding carboxylic acids is 4. The summed E-state index contributed by atoms with van der Waals surface area (Å²) in [5.74, 6) is 2.70. The number of rotatable bonds is 16. The summed E-state index contributed by atoms with van der Waals surface area (Å²) in [4.78, 5) is 50.6. The molecule has 0 bridgehead atoms. The lowest BCUT2D eigenvalue weighted by atomic mass is 9.49. The molecule has 256 valence electrons. The van der Waals surface area contributed by atoms with E-state index in [0.717, 1.165) is 30.6 Å². The van der Waals surface area contributed by atoms with Gasteiger partial charge in [0.15, 0.2) is 0 Å². The van der Waals surface area contributed by atoms with Crippen molar-refractivity contribution >= 4 is 24.0 Å². The van der Waals surface area contributed by atoms with Gasteiger partial charge in [0, 0.05) is 31.1 Å². The Morgan fingerprint density at radius 2 is 1.61 bits per heavy atom. The van der Waals surface area contributed by atoms with E-state index in [-0.39, 0.29) is 66.9 Å². The van der Waals surface area contributed by atoms with Crippen LogP contribution in [0.1, 0.15) is 136 Å². The zero-order chi connectivity index (χ0) is 33.3. The lowest BCUT2D eigenvalue weighted by Crippen LogP contribution is -2.52. The molecular formula is C40H60O6. The number of hydrogen-bond acceptors (Lipinski definition) is 6. The summed E-state index contributed by atoms with van der Waals surface area (Å²) >= 11 is 0. The van der Waals surface area contributed by atoms with Crippen molar-refractivity contribution < 1.29 is 28.7 Å². The first-order valence-electron chi connectivity index (χ1n) is 18.3. The lowest BCUT2D eigenvalue weighted by molar-refractivity contribution is -0.159. The molecule has 0 aliphatic heterocycles. The number of benzene rings is 1. The van der Waals surface area contributed by atoms with E-state index in [1.54, 1.807) is 0 Å². The van der Waals surface area contributed by atoms with Gasteiger partial charge in [-0.2, -0.15) is 0 Å². The fraction of sp³-hybridized carbons (Fsp3) is 0.750. The Hall–Kier alpha value is -2.50. The van der Waals surface area contributed by atoms with Gasteiger partial charge in [-0.15, -0.1) is 0 Å². The molecule has 0 N–H and O–H groups in total. The maximum Gasteiger partial charge on any atom is 0.306 e. The number of ether oxygens (including phenoxy) is 2. The molecule has 0 spiro atoms. The molecule has 1 aromatic carbocycles. The Labute approximate surface area is 278 Å². The Morgan fingerprint density at radius 1 is 0.891 bits per heavy atom. The van der Waals surface area contributed by atoms with Crippen LogP contribution in [0.15, 0.2) is 30.3 Å². The number of esters is 2. The van der Waals surface area contributed by atoms with Gasteiger partial charge in [0.1, 0.15) is 24.8 Å². The van der Waals surface area contributed by atoms with Crippen LogP contribution < -0.4 is 0 Å². The molecule has 3 aliphatic carbocycles. The highest BCUT2D eigenvalue weighted by Gasteiger charge is 2.59. The smallest absolute Gasteiger partial charge is 0.306 e. The molecule has 6 nitrogen and oxygen atoms in total. The standard InChI is InChI=1S/C40H60O6/c1-28(2)12-11-13-29(3)33-18-19-34-32(22-25-41)35(21-24-39(33,34)4)40(5)23-20-31(26-36(40)42)46-38(44)17-10-9-16-37(43)45-27-30-14-7-6-8-15-30/h6-8,14-15,25,28-29,31-35H,9-13,16-24,26-27H2,1-5H3/t29-,31+,32+,33-,34+,35+,39-,40-/m1/s1. The lowest BCUT2D eigenvalue weighted by Gasteiger charge is -2.55. The molecule has 0 heterocycles. The predicted molar refractivity (Wildman–Crippen MR) is 181 cm³/mol. The van der Waals surface area contributed by atoms with E-state index in [4.69, 9.17) is 9.47 Å². The van der Waals surface area contributed by atoms with Crippen LogP contribution in [-0.2, 0) is 35.3 Å². The van der Waals surface area contributed by atoms with Gasteiger partial charge in [0.25, 0.3) is 0 Å². The molecule has 0 radical (unpaired) electrons. The normalized spacial score (nSPS) is 31.7. The second-order valence-electron chi connectivity index (χ2n) is 15.9. The molecule has 8 atom stereocenters. The van der Waals surface area contributed by atoms with E-state index >= 15 is 0 Å². The van der Waals surface area contributed by atoms with Gasteiger partial charge in [-0.05, 0) is 97.9 Å². The van der Waals surface area contributed by atoms with Crippen molar-refractivity contribution in [2.24, 2.45) is 46.3 Å². The SMILES string of the molecule is CC(C)CCC[C@@H](C)[C@H]1CC[C@H]2[C@H](CC=O)[C@@H]([C@@]3(C)CC[C@H](OC(=O)CCCCC(=O)OCc4ccccc4)CC3=O)CC[C@]12C. The summed E-state index contributed by atoms with van der Waals surface area (Å²) in [6, 6.07) is 9.57. The molecular weight excluding hydrogens is 576 g/mol. The van der Waals surface area contributed by atoms with Gasteiger partial charge < -0.3 is 14.3 Å². The maximum atomic E-state index is 13.8. The summed E-state index contributed by atoms with van der Waals surface area (Å²) in [6.07, 6.45) is 12.9. The number of aldehydes is 1. The third-order valence-corrected chi connectivity index (χ3v) is 12.4. The van der Waals surface area contributed by atoms with Crippen LogP contribution in [0.4, 0.5) is 0 Å². The van der Waals surface area contributed by atoms with Crippen LogP contribution in [0, 0.1) is 46.3 Å². The summed E-state index contributed by atoms with van der Waals surface area (Å²) in [5, 5.41) is 0. The predicted octanol–water partition coefficient (Wildman–Crippen LogP) is 9.07. The Kier molecular flexibility index (Phi) is 13.1. The first-order chi connectivity index (χ1) is 22.0. The van der Waals surface area contributed by atoms with Crippen LogP contribution in [0.5, 0.6) is 0 Å². The first-order valence-corrected chi connectivity index (χ1v) is 18.3. The molecule has 0 aromatic heterocycles. The Balaban J connectivity index is 1.24. The van der Waals surface area contributed by atoms with Crippen LogP contribution in [0.2, 0.25) is 0 Å². The fourth-order valence-electron chi connectivity index (χ4n) is 9.77. The topological polar surface area (TPSA) is 86.7 Å². The van der Waals surface area contributed by atoms with Gasteiger partial charge in [-0.3, -0.25) is 14.4 Å². The van der Waals surface area contributed by atoms with Gasteiger partial charge >= 0.3 is 11.9 Å². The molecule has 6 heteroatoms. The second kappa shape index (κ2) is 16.6. The number of carbonyl (C=O) groups is 4. The van der Waals surface area contributed by atoms with Crippen molar-refractivity contribution in [2.45, 2.75) is 144 Å². The summed E-state index contributed by atoms with van der Waals surface area (Å²) in [6.45, 7) is 11.9. The average Bonchev–Trinajstić information content (AvgIpc) is 3.38. The van der Waals surface area contributed by atoms with Crippen molar-refractivity contribution in [2.75, 3.05) is 0 Å². The number of Topliss-reactive ketones (excluding diaryl/α,β-unsaturated/α-hetero) is 1. The van der Waals surface area contributed by atoms with Gasteiger partial charge in [0.2, 0.25) is 0 Å². The average molecular weight is 637 g/mol. The summed E-state index contributed by atoms with van der Waals surface area (Å²) in [7, 11) is 0. The zero-order valence-corrected chi connectivity index (χ0v) is 29.3. The third kappa shape index (κ3) is 8.89. The molecule has 3 aliphatic rings. The van der Waals surface area contributed by atoms with Crippen molar-refractivity contribution in [1.82, 2.24) is 0 Å². The van der Waals surface area contributed by atoms with Crippen LogP contribution in [0.3, 0.4) is 0 Å². The molecule has 0 unspecified atom stereocenters. The number of ketones is 1. The third-order valence-electron chi connectivity index (χ3n) is 12.4. The van der Waals surface area contributed by atoms with Crippen molar-refractivity contribution in [3.8, 4) is 0 Å². The van der Waals surface area contributed by atoms with Crippen LogP contribution >= 0.6 is 0 Å². The highest BCUT2D eigenvalue weighted by molar-refractivity contribution is 5.86. The van der Waals surface area contributed by atoms with E-state index in [0.29, 0.717) is 49.9 Å². The largest absolute Gasteiger partial charge is 0.462 e. The first kappa shape index (κ1) is 36.3. The van der Waals surface area contributed by atoms with Crippen molar-refractivity contribution in [3.05, 3.63) is 35.9 Å². The van der Waals surface area contributed by atoms with Crippen LogP contribution in [-0.4, -0.2) is 30.1 Å². The molecule has 3 fully saturated rings. The van der Waals surface area contributed by atoms with E-state index < -0.39 is 5.41 Å². The fourth-order valence-corrected chi connectivity index (χ4v) is 9.77. The summed E-state index contributed by atoms with van der Waals surface area (Å²) in [5.41, 5.74) is 0.717. The summed E-state index contributed by atoms with van der Waals surface area (Å²) < 4.78 is 11.1. The molecule has 46 heavy (non-hydrogen) atoms. The van der Waals surface area contributed by atoms with E-state index in [1.165, 1.54) is 32.1 Å². The quantitative estimate of drug-likeness (QED) is 0.102. The maximum absolute atomic E-state index is 13.8. The zero-order valence-electron chi connectivity index (χ0n) is 29.3. The van der Waals surface area contributed by atoms with E-state index in [9.17, 15) is 19.2 Å². The Bertz CT molecular complexity index is 1160. The van der Waals surface area contributed by atoms with Crippen molar-refractivity contribution in [1.29, 1.82) is 0 Å². The van der Waals surface area contributed by atoms with E-state index in [1.807, 2.05) is 30.3 Å². The molecule has 1 aromatic rings. The Morgan fingerprint density at radius 3 is 2.28 bits per heavy atom. The molecule has 4 rings (SSSR count). The van der Waals surface area contributed by atoms with Crippen LogP contribution in [0.25, 0.3) is 0 Å². The van der Waals surface area contributed by atoms with Gasteiger partial charge in [-0.25, -0.2) is 0 Å². The minimum absolute atomic E-state index is 0.193. The highest BCUT2D eigenvalue weighted by Crippen LogP contribution is 2.64.